The van der Waals surface area contributed by atoms with Crippen LogP contribution in [0.3, 0.4) is 0 Å². The minimum absolute atomic E-state index is 0. The van der Waals surface area contributed by atoms with Crippen molar-refractivity contribution in [2.24, 2.45) is 16.3 Å². The Bertz CT molecular complexity index is 547. The Morgan fingerprint density at radius 3 is 2.96 bits per heavy atom. The minimum Gasteiger partial charge on any atom is -0.467 e. The Hall–Kier alpha value is -0.800. The zero-order valence-corrected chi connectivity index (χ0v) is 16.8. The number of aliphatic imine (C=N–C) groups is 1. The second-order valence-electron chi connectivity index (χ2n) is 6.94. The molecule has 2 fully saturated rings. The molecular weight excluding hydrogens is 421 g/mol. The molecule has 0 aromatic carbocycles. The molecule has 24 heavy (non-hydrogen) atoms. The molecule has 3 rings (SSSR count). The molecule has 1 saturated carbocycles. The third kappa shape index (κ3) is 3.72. The van der Waals surface area contributed by atoms with E-state index in [4.69, 9.17) is 9.15 Å². The summed E-state index contributed by atoms with van der Waals surface area (Å²) in [5.74, 6) is 1.82. The molecule has 0 spiro atoms. The highest BCUT2D eigenvalue weighted by Gasteiger charge is 2.59. The Morgan fingerprint density at radius 2 is 2.29 bits per heavy atom. The number of furan rings is 1. The molecule has 2 heterocycles. The van der Waals surface area contributed by atoms with Crippen molar-refractivity contribution in [1.29, 1.82) is 0 Å². The van der Waals surface area contributed by atoms with Crippen LogP contribution in [-0.2, 0) is 4.74 Å². The van der Waals surface area contributed by atoms with Gasteiger partial charge in [-0.25, -0.2) is 0 Å². The third-order valence-electron chi connectivity index (χ3n) is 5.03. The largest absolute Gasteiger partial charge is 0.467 e. The molecule has 4 unspecified atom stereocenters. The number of hydrogen-bond acceptors (Lipinski definition) is 4. The average Bonchev–Trinajstić information content (AvgIpc) is 3.19. The van der Waals surface area contributed by atoms with Gasteiger partial charge in [0.05, 0.1) is 18.9 Å². The van der Waals surface area contributed by atoms with Crippen molar-refractivity contribution in [2.75, 3.05) is 19.7 Å². The number of aliphatic hydroxyl groups excluding tert-OH is 1. The number of ether oxygens (including phenoxy) is 1. The fourth-order valence-corrected chi connectivity index (χ4v) is 3.83. The summed E-state index contributed by atoms with van der Waals surface area (Å²) in [4.78, 5) is 4.51. The van der Waals surface area contributed by atoms with Crippen LogP contribution >= 0.6 is 24.0 Å². The summed E-state index contributed by atoms with van der Waals surface area (Å²) in [7, 11) is 0. The number of fused-ring (bicyclic) bond motifs is 1. The fourth-order valence-electron chi connectivity index (χ4n) is 3.83. The normalized spacial score (nSPS) is 29.2. The molecule has 7 heteroatoms. The zero-order chi connectivity index (χ0) is 16.4. The lowest BCUT2D eigenvalue weighted by Gasteiger charge is -2.54. The molecule has 4 atom stereocenters. The summed E-state index contributed by atoms with van der Waals surface area (Å²) in [5.41, 5.74) is 0.0942. The zero-order valence-electron chi connectivity index (χ0n) is 14.5. The summed E-state index contributed by atoms with van der Waals surface area (Å²) in [6.45, 7) is 8.40. The fraction of sp³-hybridized carbons (Fsp3) is 0.706. The predicted octanol–water partition coefficient (Wildman–Crippen LogP) is 2.30. The number of hydrogen-bond donors (Lipinski definition) is 3. The van der Waals surface area contributed by atoms with E-state index < -0.39 is 6.10 Å². The van der Waals surface area contributed by atoms with Crippen LogP contribution in [0.25, 0.3) is 0 Å². The van der Waals surface area contributed by atoms with Gasteiger partial charge in [0.15, 0.2) is 5.96 Å². The lowest BCUT2D eigenvalue weighted by molar-refractivity contribution is -0.106. The molecule has 3 N–H and O–H groups in total. The Labute approximate surface area is 160 Å². The Morgan fingerprint density at radius 1 is 1.50 bits per heavy atom. The van der Waals surface area contributed by atoms with E-state index in [1.165, 1.54) is 0 Å². The molecule has 1 aromatic rings. The lowest BCUT2D eigenvalue weighted by Crippen LogP contribution is -2.68. The van der Waals surface area contributed by atoms with Crippen LogP contribution in [0.4, 0.5) is 0 Å². The summed E-state index contributed by atoms with van der Waals surface area (Å²) >= 11 is 0. The lowest BCUT2D eigenvalue weighted by atomic mass is 9.57. The van der Waals surface area contributed by atoms with E-state index in [0.29, 0.717) is 23.8 Å². The first kappa shape index (κ1) is 19.5. The van der Waals surface area contributed by atoms with E-state index in [-0.39, 0.29) is 35.9 Å². The van der Waals surface area contributed by atoms with Gasteiger partial charge in [-0.15, -0.1) is 24.0 Å². The summed E-state index contributed by atoms with van der Waals surface area (Å²) < 4.78 is 11.0. The first-order chi connectivity index (χ1) is 11.0. The average molecular weight is 449 g/mol. The van der Waals surface area contributed by atoms with E-state index in [2.05, 4.69) is 29.5 Å². The molecule has 0 bridgehead atoms. The van der Waals surface area contributed by atoms with Gasteiger partial charge in [0.2, 0.25) is 0 Å². The van der Waals surface area contributed by atoms with E-state index in [0.717, 1.165) is 25.5 Å². The van der Waals surface area contributed by atoms with Crippen molar-refractivity contribution in [3.63, 3.8) is 0 Å². The van der Waals surface area contributed by atoms with Gasteiger partial charge in [-0.05, 0) is 25.5 Å². The van der Waals surface area contributed by atoms with Crippen molar-refractivity contribution in [2.45, 2.75) is 45.4 Å². The quantitative estimate of drug-likeness (QED) is 0.365. The van der Waals surface area contributed by atoms with E-state index in [1.807, 2.05) is 6.92 Å². The first-order valence-corrected chi connectivity index (χ1v) is 8.42. The van der Waals surface area contributed by atoms with Crippen LogP contribution in [0.15, 0.2) is 27.8 Å². The molecular formula is C17H28IN3O3. The van der Waals surface area contributed by atoms with Gasteiger partial charge in [0, 0.05) is 30.5 Å². The maximum atomic E-state index is 10.1. The van der Waals surface area contributed by atoms with Crippen LogP contribution in [0.1, 0.15) is 39.1 Å². The van der Waals surface area contributed by atoms with Gasteiger partial charge in [0.25, 0.3) is 0 Å². The molecule has 136 valence electrons. The number of nitrogens with zero attached hydrogens (tertiary/aromatic N) is 1. The number of aliphatic hydroxyl groups is 1. The third-order valence-corrected chi connectivity index (χ3v) is 5.03. The van der Waals surface area contributed by atoms with Gasteiger partial charge < -0.3 is 24.9 Å². The van der Waals surface area contributed by atoms with Crippen LogP contribution in [0, 0.1) is 11.3 Å². The summed E-state index contributed by atoms with van der Waals surface area (Å²) in [6, 6.07) is 3.87. The summed E-state index contributed by atoms with van der Waals surface area (Å²) in [5, 5.41) is 16.9. The number of guanidine groups is 1. The molecule has 0 radical (unpaired) electrons. The molecule has 0 amide bonds. The minimum atomic E-state index is -0.725. The van der Waals surface area contributed by atoms with Crippen molar-refractivity contribution in [3.8, 4) is 0 Å². The van der Waals surface area contributed by atoms with E-state index in [9.17, 15) is 5.11 Å². The Kier molecular flexibility index (Phi) is 6.55. The predicted molar refractivity (Wildman–Crippen MR) is 104 cm³/mol. The molecule has 1 aliphatic carbocycles. The van der Waals surface area contributed by atoms with Gasteiger partial charge in [0.1, 0.15) is 11.9 Å². The number of nitrogens with one attached hydrogen (secondary N) is 2. The van der Waals surface area contributed by atoms with Crippen molar-refractivity contribution in [1.82, 2.24) is 10.6 Å². The maximum absolute atomic E-state index is 10.1. The van der Waals surface area contributed by atoms with E-state index in [1.54, 1.807) is 18.4 Å². The number of halogens is 1. The van der Waals surface area contributed by atoms with Crippen LogP contribution in [0.5, 0.6) is 0 Å². The highest BCUT2D eigenvalue weighted by atomic mass is 127. The highest BCUT2D eigenvalue weighted by molar-refractivity contribution is 14.0. The van der Waals surface area contributed by atoms with Gasteiger partial charge in [-0.3, -0.25) is 4.99 Å². The van der Waals surface area contributed by atoms with Gasteiger partial charge >= 0.3 is 0 Å². The topological polar surface area (TPSA) is 79.0 Å². The van der Waals surface area contributed by atoms with Crippen molar-refractivity contribution in [3.05, 3.63) is 24.2 Å². The molecule has 6 nitrogen and oxygen atoms in total. The molecule has 1 aromatic heterocycles. The molecule has 1 saturated heterocycles. The van der Waals surface area contributed by atoms with E-state index >= 15 is 0 Å². The second kappa shape index (κ2) is 8.05. The highest BCUT2D eigenvalue weighted by Crippen LogP contribution is 2.52. The second-order valence-corrected chi connectivity index (χ2v) is 6.94. The number of rotatable bonds is 5. The van der Waals surface area contributed by atoms with Gasteiger partial charge in [-0.1, -0.05) is 13.8 Å². The molecule has 2 aliphatic rings. The van der Waals surface area contributed by atoms with Crippen LogP contribution in [-0.4, -0.2) is 42.9 Å². The maximum Gasteiger partial charge on any atom is 0.191 e. The van der Waals surface area contributed by atoms with Crippen LogP contribution < -0.4 is 10.6 Å². The standard InChI is InChI=1S/C17H27N3O3.HI/c1-4-18-16(19-10-12(21)13-6-5-8-22-13)20-14-11-7-9-23-15(11)17(14,2)3;/h5-6,8,11-12,14-15,21H,4,7,9-10H2,1-3H3,(H2,18,19,20);1H. The molecule has 1 aliphatic heterocycles. The van der Waals surface area contributed by atoms with Crippen molar-refractivity contribution >= 4 is 29.9 Å². The SMILES string of the molecule is CCNC(=NCC(O)c1ccco1)NC1C2CCOC2C1(C)C.I. The van der Waals surface area contributed by atoms with Crippen molar-refractivity contribution < 1.29 is 14.3 Å². The monoisotopic (exact) mass is 449 g/mol. The smallest absolute Gasteiger partial charge is 0.191 e. The summed E-state index contributed by atoms with van der Waals surface area (Å²) in [6.07, 6.45) is 2.28. The Balaban J connectivity index is 0.00000208. The van der Waals surface area contributed by atoms with Crippen LogP contribution in [0.2, 0.25) is 0 Å². The van der Waals surface area contributed by atoms with Gasteiger partial charge in [-0.2, -0.15) is 0 Å². The first-order valence-electron chi connectivity index (χ1n) is 8.42.